The summed E-state index contributed by atoms with van der Waals surface area (Å²) in [4.78, 5) is 46.7. The lowest BCUT2D eigenvalue weighted by atomic mass is 9.93. The molecule has 1 fully saturated rings. The van der Waals surface area contributed by atoms with Crippen LogP contribution < -0.4 is 5.32 Å². The molecule has 2 N–H and O–H groups in total. The number of H-pyrrole nitrogens is 1. The predicted molar refractivity (Wildman–Crippen MR) is 120 cm³/mol. The first-order valence-corrected chi connectivity index (χ1v) is 10.8. The van der Waals surface area contributed by atoms with Gasteiger partial charge in [-0.25, -0.2) is 4.98 Å². The van der Waals surface area contributed by atoms with E-state index in [0.29, 0.717) is 24.3 Å². The molecule has 7 heteroatoms. The smallest absolute Gasteiger partial charge is 0.226 e. The van der Waals surface area contributed by atoms with Crippen molar-refractivity contribution >= 4 is 23.4 Å². The molecule has 1 aromatic carbocycles. The number of pyridine rings is 1. The Labute approximate surface area is 185 Å². The Hall–Kier alpha value is -3.74. The van der Waals surface area contributed by atoms with Crippen LogP contribution in [0.2, 0.25) is 0 Å². The highest BCUT2D eigenvalue weighted by Crippen LogP contribution is 2.36. The molecule has 5 rings (SSSR count). The molecule has 0 unspecified atom stereocenters. The third-order valence-corrected chi connectivity index (χ3v) is 5.96. The topological polar surface area (TPSA) is 95.2 Å². The molecule has 7 nitrogen and oxygen atoms in total. The van der Waals surface area contributed by atoms with Crippen molar-refractivity contribution in [3.05, 3.63) is 71.0 Å². The molecule has 0 saturated heterocycles. The van der Waals surface area contributed by atoms with Crippen LogP contribution in [0.3, 0.4) is 0 Å². The number of aromatic nitrogens is 2. The number of rotatable bonds is 5. The van der Waals surface area contributed by atoms with Gasteiger partial charge < -0.3 is 15.2 Å². The average Bonchev–Trinajstić information content (AvgIpc) is 3.56. The SMILES string of the molecule is CC(=O)Nc1cc(-c2[nH]c3c(c2Cc2ccccc2)C(=O)CN(C(=O)C2CC2)C3)ccn1. The van der Waals surface area contributed by atoms with Crippen LogP contribution in [0.4, 0.5) is 5.82 Å². The highest BCUT2D eigenvalue weighted by Gasteiger charge is 2.38. The van der Waals surface area contributed by atoms with Gasteiger partial charge in [0.1, 0.15) is 5.82 Å². The van der Waals surface area contributed by atoms with Gasteiger partial charge >= 0.3 is 0 Å². The molecule has 1 saturated carbocycles. The first-order valence-electron chi connectivity index (χ1n) is 10.8. The lowest BCUT2D eigenvalue weighted by molar-refractivity contribution is -0.132. The molecule has 0 spiro atoms. The van der Waals surface area contributed by atoms with Gasteiger partial charge in [-0.3, -0.25) is 14.4 Å². The third-order valence-electron chi connectivity index (χ3n) is 5.96. The number of ketones is 1. The summed E-state index contributed by atoms with van der Waals surface area (Å²) in [7, 11) is 0. The number of fused-ring (bicyclic) bond motifs is 1. The van der Waals surface area contributed by atoms with E-state index in [4.69, 9.17) is 0 Å². The molecule has 0 radical (unpaired) electrons. The summed E-state index contributed by atoms with van der Waals surface area (Å²) in [5.74, 6) is 0.355. The standard InChI is InChI=1S/C25H24N4O3/c1-15(30)27-22-12-18(9-10-26-22)24-19(11-16-5-3-2-4-6-16)23-20(28-24)13-29(14-21(23)31)25(32)17-7-8-17/h2-6,9-10,12,17,28H,7-8,11,13-14H2,1H3,(H,26,27,30). The lowest BCUT2D eigenvalue weighted by Gasteiger charge is -2.26. The number of carbonyl (C=O) groups is 3. The van der Waals surface area contributed by atoms with Crippen LogP contribution in [0.1, 0.15) is 46.9 Å². The fraction of sp³-hybridized carbons (Fsp3) is 0.280. The second-order valence-corrected chi connectivity index (χ2v) is 8.50. The Morgan fingerprint density at radius 2 is 1.94 bits per heavy atom. The zero-order chi connectivity index (χ0) is 22.2. The van der Waals surface area contributed by atoms with E-state index in [0.717, 1.165) is 40.9 Å². The van der Waals surface area contributed by atoms with Gasteiger partial charge in [-0.2, -0.15) is 0 Å². The van der Waals surface area contributed by atoms with Crippen molar-refractivity contribution in [2.24, 2.45) is 5.92 Å². The molecule has 1 aliphatic heterocycles. The maximum absolute atomic E-state index is 13.2. The molecule has 0 atom stereocenters. The first-order chi connectivity index (χ1) is 15.5. The molecular weight excluding hydrogens is 404 g/mol. The van der Waals surface area contributed by atoms with Gasteiger partial charge in [-0.1, -0.05) is 30.3 Å². The Kier molecular flexibility index (Phi) is 5.09. The summed E-state index contributed by atoms with van der Waals surface area (Å²) >= 11 is 0. The van der Waals surface area contributed by atoms with Crippen molar-refractivity contribution in [3.63, 3.8) is 0 Å². The van der Waals surface area contributed by atoms with Crippen LogP contribution in [0, 0.1) is 5.92 Å². The van der Waals surface area contributed by atoms with Crippen LogP contribution in [0.15, 0.2) is 48.7 Å². The largest absolute Gasteiger partial charge is 0.356 e. The van der Waals surface area contributed by atoms with E-state index in [1.54, 1.807) is 17.2 Å². The van der Waals surface area contributed by atoms with E-state index in [2.05, 4.69) is 15.3 Å². The van der Waals surface area contributed by atoms with Crippen LogP contribution in [0.5, 0.6) is 0 Å². The summed E-state index contributed by atoms with van der Waals surface area (Å²) in [6, 6.07) is 13.6. The minimum Gasteiger partial charge on any atom is -0.356 e. The Morgan fingerprint density at radius 3 is 2.66 bits per heavy atom. The van der Waals surface area contributed by atoms with E-state index in [1.807, 2.05) is 36.4 Å². The van der Waals surface area contributed by atoms with Gasteiger partial charge in [0, 0.05) is 42.3 Å². The summed E-state index contributed by atoms with van der Waals surface area (Å²) in [6.07, 6.45) is 4.04. The van der Waals surface area contributed by atoms with Crippen molar-refractivity contribution < 1.29 is 14.4 Å². The molecule has 3 aromatic rings. The molecule has 1 aliphatic carbocycles. The van der Waals surface area contributed by atoms with Gasteiger partial charge in [-0.15, -0.1) is 0 Å². The van der Waals surface area contributed by atoms with Crippen molar-refractivity contribution in [2.75, 3.05) is 11.9 Å². The van der Waals surface area contributed by atoms with Crippen molar-refractivity contribution in [2.45, 2.75) is 32.7 Å². The second-order valence-electron chi connectivity index (χ2n) is 8.50. The van der Waals surface area contributed by atoms with Crippen molar-refractivity contribution in [3.8, 4) is 11.3 Å². The summed E-state index contributed by atoms with van der Waals surface area (Å²) < 4.78 is 0. The number of nitrogens with one attached hydrogen (secondary N) is 2. The third kappa shape index (κ3) is 3.93. The quantitative estimate of drug-likeness (QED) is 0.650. The molecule has 2 aromatic heterocycles. The number of aromatic amines is 1. The van der Waals surface area contributed by atoms with Crippen LogP contribution in [0.25, 0.3) is 11.3 Å². The lowest BCUT2D eigenvalue weighted by Crippen LogP contribution is -2.40. The summed E-state index contributed by atoms with van der Waals surface area (Å²) in [6.45, 7) is 1.96. The number of anilines is 1. The van der Waals surface area contributed by atoms with E-state index in [9.17, 15) is 14.4 Å². The average molecular weight is 428 g/mol. The van der Waals surface area contributed by atoms with Gasteiger partial charge in [0.05, 0.1) is 18.8 Å². The maximum Gasteiger partial charge on any atom is 0.226 e. The second kappa shape index (κ2) is 8.07. The molecule has 2 amide bonds. The molecule has 32 heavy (non-hydrogen) atoms. The fourth-order valence-corrected chi connectivity index (χ4v) is 4.35. The number of nitrogens with zero attached hydrogens (tertiary/aromatic N) is 2. The van der Waals surface area contributed by atoms with E-state index < -0.39 is 0 Å². The van der Waals surface area contributed by atoms with Crippen molar-refractivity contribution in [1.29, 1.82) is 0 Å². The van der Waals surface area contributed by atoms with Gasteiger partial charge in [0.15, 0.2) is 5.78 Å². The van der Waals surface area contributed by atoms with E-state index in [1.165, 1.54) is 6.92 Å². The Morgan fingerprint density at radius 1 is 1.16 bits per heavy atom. The Bertz CT molecular complexity index is 1210. The summed E-state index contributed by atoms with van der Waals surface area (Å²) in [5.41, 5.74) is 5.11. The molecule has 2 aliphatic rings. The zero-order valence-electron chi connectivity index (χ0n) is 17.9. The minimum atomic E-state index is -0.200. The highest BCUT2D eigenvalue weighted by atomic mass is 16.2. The fourth-order valence-electron chi connectivity index (χ4n) is 4.35. The van der Waals surface area contributed by atoms with E-state index in [-0.39, 0.29) is 30.1 Å². The molecule has 162 valence electrons. The van der Waals surface area contributed by atoms with Gasteiger partial charge in [-0.05, 0) is 36.1 Å². The predicted octanol–water partition coefficient (Wildman–Crippen LogP) is 3.56. The first kappa shape index (κ1) is 20.2. The van der Waals surface area contributed by atoms with E-state index >= 15 is 0 Å². The summed E-state index contributed by atoms with van der Waals surface area (Å²) in [5, 5.41) is 2.71. The van der Waals surface area contributed by atoms with Crippen LogP contribution in [-0.4, -0.2) is 39.0 Å². The van der Waals surface area contributed by atoms with Crippen LogP contribution in [-0.2, 0) is 22.6 Å². The van der Waals surface area contributed by atoms with Gasteiger partial charge in [0.2, 0.25) is 11.8 Å². The maximum atomic E-state index is 13.2. The number of Topliss-reactive ketones (excluding diaryl/α,β-unsaturated/α-hetero) is 1. The number of hydrogen-bond acceptors (Lipinski definition) is 4. The highest BCUT2D eigenvalue weighted by molar-refractivity contribution is 6.05. The number of carbonyl (C=O) groups excluding carboxylic acids is 3. The molecule has 0 bridgehead atoms. The van der Waals surface area contributed by atoms with Gasteiger partial charge in [0.25, 0.3) is 0 Å². The monoisotopic (exact) mass is 428 g/mol. The zero-order valence-corrected chi connectivity index (χ0v) is 17.9. The molecule has 3 heterocycles. The Balaban J connectivity index is 1.58. The van der Waals surface area contributed by atoms with Crippen molar-refractivity contribution in [1.82, 2.24) is 14.9 Å². The number of hydrogen-bond donors (Lipinski definition) is 2. The number of amides is 2. The number of benzene rings is 1. The van der Waals surface area contributed by atoms with Crippen LogP contribution >= 0.6 is 0 Å². The normalized spacial score (nSPS) is 15.4. The molecular formula is C25H24N4O3. The minimum absolute atomic E-state index is 0.0372.